The van der Waals surface area contributed by atoms with Crippen LogP contribution in [0.3, 0.4) is 0 Å². The maximum atomic E-state index is 11.8. The van der Waals surface area contributed by atoms with E-state index < -0.39 is 0 Å². The molecule has 2 nitrogen and oxygen atoms in total. The summed E-state index contributed by atoms with van der Waals surface area (Å²) in [7, 11) is 0. The summed E-state index contributed by atoms with van der Waals surface area (Å²) in [6, 6.07) is 9.45. The smallest absolute Gasteiger partial charge is 0.251 e. The number of rotatable bonds is 14. The lowest BCUT2D eigenvalue weighted by atomic mass is 10.1. The van der Waals surface area contributed by atoms with Gasteiger partial charge in [-0.25, -0.2) is 0 Å². The molecular weight excluding hydrogens is 282 g/mol. The standard InChI is InChI=1S/C21H35NO/c1-2-3-4-5-6-7-8-9-10-11-12-16-19-22-21(23)20-17-14-13-15-18-20/h13-15,17-18H,2-12,16,19H2,1H3,(H,22,23). The fourth-order valence-electron chi connectivity index (χ4n) is 2.86. The predicted octanol–water partition coefficient (Wildman–Crippen LogP) is 6.12. The Hall–Kier alpha value is -1.31. The number of benzene rings is 1. The van der Waals surface area contributed by atoms with Crippen LogP contribution in [0.15, 0.2) is 30.3 Å². The molecule has 0 fully saturated rings. The third-order valence-corrected chi connectivity index (χ3v) is 4.35. The summed E-state index contributed by atoms with van der Waals surface area (Å²) < 4.78 is 0. The lowest BCUT2D eigenvalue weighted by molar-refractivity contribution is 0.0953. The van der Waals surface area contributed by atoms with Crippen molar-refractivity contribution >= 4 is 5.91 Å². The zero-order valence-corrected chi connectivity index (χ0v) is 15.0. The molecule has 1 N–H and O–H groups in total. The largest absolute Gasteiger partial charge is 0.352 e. The third-order valence-electron chi connectivity index (χ3n) is 4.35. The van der Waals surface area contributed by atoms with Crippen LogP contribution in [0.2, 0.25) is 0 Å². The summed E-state index contributed by atoms with van der Waals surface area (Å²) in [6.45, 7) is 3.07. The number of unbranched alkanes of at least 4 members (excludes halogenated alkanes) is 11. The highest BCUT2D eigenvalue weighted by molar-refractivity contribution is 5.94. The van der Waals surface area contributed by atoms with Gasteiger partial charge in [-0.1, -0.05) is 95.8 Å². The molecule has 0 aliphatic rings. The Morgan fingerprint density at radius 2 is 1.22 bits per heavy atom. The lowest BCUT2D eigenvalue weighted by Gasteiger charge is -2.05. The highest BCUT2D eigenvalue weighted by Gasteiger charge is 2.02. The molecule has 0 aliphatic carbocycles. The molecule has 130 valence electrons. The van der Waals surface area contributed by atoms with Gasteiger partial charge >= 0.3 is 0 Å². The zero-order chi connectivity index (χ0) is 16.6. The molecule has 0 saturated carbocycles. The van der Waals surface area contributed by atoms with Crippen LogP contribution < -0.4 is 5.32 Å². The maximum absolute atomic E-state index is 11.8. The highest BCUT2D eigenvalue weighted by atomic mass is 16.1. The summed E-state index contributed by atoms with van der Waals surface area (Å²) in [4.78, 5) is 11.8. The van der Waals surface area contributed by atoms with Gasteiger partial charge in [-0.2, -0.15) is 0 Å². The van der Waals surface area contributed by atoms with E-state index in [1.54, 1.807) is 0 Å². The molecule has 2 heteroatoms. The van der Waals surface area contributed by atoms with Gasteiger partial charge in [-0.05, 0) is 18.6 Å². The molecular formula is C21H35NO. The van der Waals surface area contributed by atoms with E-state index >= 15 is 0 Å². The number of nitrogens with one attached hydrogen (secondary N) is 1. The Morgan fingerprint density at radius 3 is 1.74 bits per heavy atom. The van der Waals surface area contributed by atoms with E-state index in [1.165, 1.54) is 70.6 Å². The topological polar surface area (TPSA) is 29.1 Å². The summed E-state index contributed by atoms with van der Waals surface area (Å²) >= 11 is 0. The summed E-state index contributed by atoms with van der Waals surface area (Å²) in [5.74, 6) is 0.0497. The Labute approximate surface area is 143 Å². The quantitative estimate of drug-likeness (QED) is 0.412. The van der Waals surface area contributed by atoms with Crippen molar-refractivity contribution in [1.29, 1.82) is 0 Å². The molecule has 0 radical (unpaired) electrons. The average molecular weight is 318 g/mol. The van der Waals surface area contributed by atoms with Crippen LogP contribution in [0.5, 0.6) is 0 Å². The van der Waals surface area contributed by atoms with Gasteiger partial charge in [0.2, 0.25) is 0 Å². The maximum Gasteiger partial charge on any atom is 0.251 e. The van der Waals surface area contributed by atoms with E-state index in [9.17, 15) is 4.79 Å². The van der Waals surface area contributed by atoms with E-state index in [0.29, 0.717) is 0 Å². The fourth-order valence-corrected chi connectivity index (χ4v) is 2.86. The minimum atomic E-state index is 0.0497. The molecule has 0 heterocycles. The minimum absolute atomic E-state index is 0.0497. The van der Waals surface area contributed by atoms with Crippen LogP contribution in [0.25, 0.3) is 0 Å². The molecule has 0 unspecified atom stereocenters. The van der Waals surface area contributed by atoms with Crippen LogP contribution in [-0.2, 0) is 0 Å². The van der Waals surface area contributed by atoms with Gasteiger partial charge in [0.15, 0.2) is 0 Å². The number of carbonyl (C=O) groups is 1. The first kappa shape index (κ1) is 19.7. The van der Waals surface area contributed by atoms with Crippen molar-refractivity contribution < 1.29 is 4.79 Å². The Morgan fingerprint density at radius 1 is 0.739 bits per heavy atom. The SMILES string of the molecule is CCCCCCCCCCCCCCNC(=O)c1ccccc1. The monoisotopic (exact) mass is 317 g/mol. The first-order chi connectivity index (χ1) is 11.3. The van der Waals surface area contributed by atoms with Gasteiger partial charge in [-0.15, -0.1) is 0 Å². The molecule has 1 amide bonds. The normalized spacial score (nSPS) is 10.7. The van der Waals surface area contributed by atoms with Gasteiger partial charge in [-0.3, -0.25) is 4.79 Å². The van der Waals surface area contributed by atoms with E-state index in [0.717, 1.165) is 18.5 Å². The van der Waals surface area contributed by atoms with E-state index in [4.69, 9.17) is 0 Å². The van der Waals surface area contributed by atoms with Crippen molar-refractivity contribution in [3.05, 3.63) is 35.9 Å². The van der Waals surface area contributed by atoms with Gasteiger partial charge in [0.1, 0.15) is 0 Å². The van der Waals surface area contributed by atoms with Crippen LogP contribution in [0.1, 0.15) is 94.3 Å². The second kappa shape index (κ2) is 14.3. The van der Waals surface area contributed by atoms with Gasteiger partial charge in [0, 0.05) is 12.1 Å². The van der Waals surface area contributed by atoms with Crippen molar-refractivity contribution in [3.63, 3.8) is 0 Å². The molecule has 0 saturated heterocycles. The number of carbonyl (C=O) groups excluding carboxylic acids is 1. The summed E-state index contributed by atoms with van der Waals surface area (Å²) in [6.07, 6.45) is 16.2. The molecule has 0 atom stereocenters. The second-order valence-corrected chi connectivity index (χ2v) is 6.51. The van der Waals surface area contributed by atoms with E-state index in [-0.39, 0.29) is 5.91 Å². The molecule has 0 spiro atoms. The summed E-state index contributed by atoms with van der Waals surface area (Å²) in [5.41, 5.74) is 0.756. The molecule has 0 aliphatic heterocycles. The predicted molar refractivity (Wildman–Crippen MR) is 99.9 cm³/mol. The van der Waals surface area contributed by atoms with Crippen molar-refractivity contribution in [2.24, 2.45) is 0 Å². The first-order valence-corrected chi connectivity index (χ1v) is 9.68. The van der Waals surface area contributed by atoms with Crippen LogP contribution in [-0.4, -0.2) is 12.5 Å². The van der Waals surface area contributed by atoms with Crippen molar-refractivity contribution in [3.8, 4) is 0 Å². The van der Waals surface area contributed by atoms with Gasteiger partial charge < -0.3 is 5.32 Å². The Balaban J connectivity index is 1.82. The molecule has 1 aromatic carbocycles. The molecule has 1 rings (SSSR count). The van der Waals surface area contributed by atoms with Crippen LogP contribution in [0, 0.1) is 0 Å². The van der Waals surface area contributed by atoms with Crippen molar-refractivity contribution in [2.45, 2.75) is 84.0 Å². The van der Waals surface area contributed by atoms with Crippen LogP contribution in [0.4, 0.5) is 0 Å². The molecule has 0 bridgehead atoms. The van der Waals surface area contributed by atoms with Crippen LogP contribution >= 0.6 is 0 Å². The minimum Gasteiger partial charge on any atom is -0.352 e. The molecule has 1 aromatic rings. The Kier molecular flexibility index (Phi) is 12.3. The van der Waals surface area contributed by atoms with Crippen molar-refractivity contribution in [2.75, 3.05) is 6.54 Å². The summed E-state index contributed by atoms with van der Waals surface area (Å²) in [5, 5.41) is 3.00. The Bertz CT molecular complexity index is 388. The van der Waals surface area contributed by atoms with E-state index in [2.05, 4.69) is 12.2 Å². The average Bonchev–Trinajstić information content (AvgIpc) is 2.59. The van der Waals surface area contributed by atoms with Gasteiger partial charge in [0.25, 0.3) is 5.91 Å². The molecule has 0 aromatic heterocycles. The highest BCUT2D eigenvalue weighted by Crippen LogP contribution is 2.11. The van der Waals surface area contributed by atoms with E-state index in [1.807, 2.05) is 30.3 Å². The second-order valence-electron chi connectivity index (χ2n) is 6.51. The zero-order valence-electron chi connectivity index (χ0n) is 15.0. The lowest BCUT2D eigenvalue weighted by Crippen LogP contribution is -2.24. The first-order valence-electron chi connectivity index (χ1n) is 9.68. The van der Waals surface area contributed by atoms with Gasteiger partial charge in [0.05, 0.1) is 0 Å². The molecule has 23 heavy (non-hydrogen) atoms. The van der Waals surface area contributed by atoms with Crippen molar-refractivity contribution in [1.82, 2.24) is 5.32 Å². The third kappa shape index (κ3) is 11.0. The fraction of sp³-hybridized carbons (Fsp3) is 0.667. The number of hydrogen-bond acceptors (Lipinski definition) is 1. The number of amides is 1. The number of hydrogen-bond donors (Lipinski definition) is 1.